The molecule has 20 heavy (non-hydrogen) atoms. The lowest BCUT2D eigenvalue weighted by Gasteiger charge is -2.20. The van der Waals surface area contributed by atoms with Crippen LogP contribution in [0.2, 0.25) is 0 Å². The molecule has 2 rings (SSSR count). The molecule has 0 aromatic carbocycles. The summed E-state index contributed by atoms with van der Waals surface area (Å²) in [5.41, 5.74) is 0.312. The molecule has 7 heteroatoms. The van der Waals surface area contributed by atoms with Gasteiger partial charge in [-0.1, -0.05) is 0 Å². The Balaban J connectivity index is 2.00. The Kier molecular flexibility index (Phi) is 5.37. The molecule has 0 bridgehead atoms. The molecule has 0 unspecified atom stereocenters. The molecule has 0 N–H and O–H groups in total. The molecule has 0 atom stereocenters. The molecule has 0 radical (unpaired) electrons. The summed E-state index contributed by atoms with van der Waals surface area (Å²) in [6, 6.07) is 0.306. The predicted octanol–water partition coefficient (Wildman–Crippen LogP) is 2.44. The van der Waals surface area contributed by atoms with Crippen LogP contribution in [0, 0.1) is 0 Å². The maximum Gasteiger partial charge on any atom is 0.357 e. The SMILES string of the molecule is CCOC(=O)c1csc(CN(C(=O)CCCl)C2CC2)n1. The summed E-state index contributed by atoms with van der Waals surface area (Å²) in [4.78, 5) is 29.6. The van der Waals surface area contributed by atoms with E-state index in [1.807, 2.05) is 4.90 Å². The minimum absolute atomic E-state index is 0.0513. The standard InChI is InChI=1S/C13H17ClN2O3S/c1-2-19-13(18)10-8-20-11(15-10)7-16(9-3-4-9)12(17)5-6-14/h8-9H,2-7H2,1H3. The van der Waals surface area contributed by atoms with Crippen LogP contribution in [0.5, 0.6) is 0 Å². The number of aromatic nitrogens is 1. The van der Waals surface area contributed by atoms with Crippen LogP contribution >= 0.6 is 22.9 Å². The molecule has 0 spiro atoms. The van der Waals surface area contributed by atoms with Gasteiger partial charge in [0.25, 0.3) is 0 Å². The van der Waals surface area contributed by atoms with Crippen LogP contribution in [0.1, 0.15) is 41.7 Å². The van der Waals surface area contributed by atoms with E-state index in [9.17, 15) is 9.59 Å². The van der Waals surface area contributed by atoms with Gasteiger partial charge in [0.05, 0.1) is 13.2 Å². The van der Waals surface area contributed by atoms with E-state index in [1.165, 1.54) is 11.3 Å². The van der Waals surface area contributed by atoms with E-state index in [4.69, 9.17) is 16.3 Å². The highest BCUT2D eigenvalue weighted by Crippen LogP contribution is 2.29. The van der Waals surface area contributed by atoms with Crippen molar-refractivity contribution in [1.29, 1.82) is 0 Å². The lowest BCUT2D eigenvalue weighted by molar-refractivity contribution is -0.132. The molecular weight excluding hydrogens is 300 g/mol. The van der Waals surface area contributed by atoms with E-state index in [2.05, 4.69) is 4.98 Å². The van der Waals surface area contributed by atoms with Crippen LogP contribution in [0.25, 0.3) is 0 Å². The zero-order chi connectivity index (χ0) is 14.5. The Hall–Kier alpha value is -1.14. The van der Waals surface area contributed by atoms with Gasteiger partial charge < -0.3 is 9.64 Å². The number of carbonyl (C=O) groups excluding carboxylic acids is 2. The van der Waals surface area contributed by atoms with Gasteiger partial charge in [-0.05, 0) is 19.8 Å². The van der Waals surface area contributed by atoms with Crippen molar-refractivity contribution in [3.63, 3.8) is 0 Å². The number of ether oxygens (including phenoxy) is 1. The second kappa shape index (κ2) is 7.04. The van der Waals surface area contributed by atoms with Gasteiger partial charge in [-0.15, -0.1) is 22.9 Å². The number of nitrogens with zero attached hydrogens (tertiary/aromatic N) is 2. The van der Waals surface area contributed by atoms with Crippen molar-refractivity contribution in [1.82, 2.24) is 9.88 Å². The summed E-state index contributed by atoms with van der Waals surface area (Å²) in [5.74, 6) is -0.0380. The van der Waals surface area contributed by atoms with Crippen molar-refractivity contribution < 1.29 is 14.3 Å². The zero-order valence-electron chi connectivity index (χ0n) is 11.3. The summed E-state index contributed by atoms with van der Waals surface area (Å²) in [6.07, 6.45) is 2.41. The van der Waals surface area contributed by atoms with Crippen LogP contribution in [-0.2, 0) is 16.1 Å². The first-order valence-electron chi connectivity index (χ1n) is 6.62. The van der Waals surface area contributed by atoms with Gasteiger partial charge in [0.2, 0.25) is 5.91 Å². The average Bonchev–Trinajstić information content (AvgIpc) is 3.15. The van der Waals surface area contributed by atoms with E-state index >= 15 is 0 Å². The Morgan fingerprint density at radius 2 is 2.30 bits per heavy atom. The van der Waals surface area contributed by atoms with Crippen molar-refractivity contribution in [3.05, 3.63) is 16.1 Å². The van der Waals surface area contributed by atoms with E-state index in [1.54, 1.807) is 12.3 Å². The molecular formula is C13H17ClN2O3S. The first kappa shape index (κ1) is 15.3. The number of hydrogen-bond donors (Lipinski definition) is 0. The Morgan fingerprint density at radius 1 is 1.55 bits per heavy atom. The highest BCUT2D eigenvalue weighted by Gasteiger charge is 2.32. The van der Waals surface area contributed by atoms with Gasteiger partial charge in [-0.2, -0.15) is 0 Å². The van der Waals surface area contributed by atoms with E-state index in [0.717, 1.165) is 17.8 Å². The number of alkyl halides is 1. The summed E-state index contributed by atoms with van der Waals surface area (Å²) in [6.45, 7) is 2.53. The second-order valence-electron chi connectivity index (χ2n) is 4.54. The molecule has 1 aromatic heterocycles. The van der Waals surface area contributed by atoms with Crippen molar-refractivity contribution in [2.75, 3.05) is 12.5 Å². The average molecular weight is 317 g/mol. The molecule has 110 valence electrons. The number of rotatable bonds is 7. The smallest absolute Gasteiger partial charge is 0.357 e. The highest BCUT2D eigenvalue weighted by molar-refractivity contribution is 7.09. The predicted molar refractivity (Wildman–Crippen MR) is 77.0 cm³/mol. The molecule has 0 aliphatic heterocycles. The maximum absolute atomic E-state index is 12.0. The van der Waals surface area contributed by atoms with Crippen molar-refractivity contribution in [2.24, 2.45) is 0 Å². The Labute approximate surface area is 126 Å². The third-order valence-electron chi connectivity index (χ3n) is 2.96. The topological polar surface area (TPSA) is 59.5 Å². The fraction of sp³-hybridized carbons (Fsp3) is 0.615. The lowest BCUT2D eigenvalue weighted by atomic mass is 10.3. The van der Waals surface area contributed by atoms with Crippen LogP contribution in [0.4, 0.5) is 0 Å². The largest absolute Gasteiger partial charge is 0.461 e. The van der Waals surface area contributed by atoms with Gasteiger partial charge in [0.15, 0.2) is 5.69 Å². The summed E-state index contributed by atoms with van der Waals surface area (Å²) in [7, 11) is 0. The van der Waals surface area contributed by atoms with Crippen molar-refractivity contribution in [2.45, 2.75) is 38.8 Å². The summed E-state index contributed by atoms with van der Waals surface area (Å²) in [5, 5.41) is 2.42. The van der Waals surface area contributed by atoms with Crippen molar-refractivity contribution >= 4 is 34.8 Å². The third kappa shape index (κ3) is 3.93. The molecule has 1 aliphatic carbocycles. The molecule has 5 nitrogen and oxygen atoms in total. The summed E-state index contributed by atoms with van der Waals surface area (Å²) < 4.78 is 4.90. The molecule has 1 aliphatic rings. The maximum atomic E-state index is 12.0. The first-order valence-corrected chi connectivity index (χ1v) is 8.04. The Bertz CT molecular complexity index is 488. The third-order valence-corrected chi connectivity index (χ3v) is 3.98. The lowest BCUT2D eigenvalue weighted by Crippen LogP contribution is -2.32. The summed E-state index contributed by atoms with van der Waals surface area (Å²) >= 11 is 7.00. The van der Waals surface area contributed by atoms with E-state index in [0.29, 0.717) is 37.2 Å². The quantitative estimate of drug-likeness (QED) is 0.572. The minimum Gasteiger partial charge on any atom is -0.461 e. The van der Waals surface area contributed by atoms with E-state index < -0.39 is 5.97 Å². The monoisotopic (exact) mass is 316 g/mol. The number of esters is 1. The van der Waals surface area contributed by atoms with Gasteiger partial charge in [0.1, 0.15) is 5.01 Å². The van der Waals surface area contributed by atoms with Crippen LogP contribution in [-0.4, -0.2) is 40.3 Å². The normalized spacial score (nSPS) is 14.1. The molecule has 1 amide bonds. The molecule has 1 heterocycles. The first-order chi connectivity index (χ1) is 9.65. The second-order valence-corrected chi connectivity index (χ2v) is 5.86. The fourth-order valence-electron chi connectivity index (χ4n) is 1.86. The minimum atomic E-state index is -0.417. The number of carbonyl (C=O) groups is 2. The molecule has 1 aromatic rings. The van der Waals surface area contributed by atoms with Gasteiger partial charge in [-0.25, -0.2) is 9.78 Å². The van der Waals surface area contributed by atoms with Crippen LogP contribution in [0.3, 0.4) is 0 Å². The number of hydrogen-bond acceptors (Lipinski definition) is 5. The number of thiazole rings is 1. The van der Waals surface area contributed by atoms with Gasteiger partial charge in [0, 0.05) is 23.7 Å². The molecule has 0 saturated heterocycles. The van der Waals surface area contributed by atoms with Crippen LogP contribution in [0.15, 0.2) is 5.38 Å². The molecule has 1 fully saturated rings. The van der Waals surface area contributed by atoms with Crippen molar-refractivity contribution in [3.8, 4) is 0 Å². The fourth-order valence-corrected chi connectivity index (χ4v) is 2.78. The molecule has 1 saturated carbocycles. The van der Waals surface area contributed by atoms with Gasteiger partial charge in [-0.3, -0.25) is 4.79 Å². The number of halogens is 1. The number of amides is 1. The highest BCUT2D eigenvalue weighted by atomic mass is 35.5. The van der Waals surface area contributed by atoms with E-state index in [-0.39, 0.29) is 5.91 Å². The zero-order valence-corrected chi connectivity index (χ0v) is 12.9. The Morgan fingerprint density at radius 3 is 2.90 bits per heavy atom. The van der Waals surface area contributed by atoms with Crippen LogP contribution < -0.4 is 0 Å². The van der Waals surface area contributed by atoms with Gasteiger partial charge >= 0.3 is 5.97 Å².